The molecule has 0 saturated carbocycles. The predicted octanol–water partition coefficient (Wildman–Crippen LogP) is 2.82. The minimum absolute atomic E-state index is 0. The Bertz CT molecular complexity index is 318. The fraction of sp³-hybridized carbons (Fsp3) is 0.111. The van der Waals surface area contributed by atoms with E-state index >= 15 is 0 Å². The van der Waals surface area contributed by atoms with Crippen LogP contribution in [0.2, 0.25) is 0 Å². The normalized spacial score (nSPS) is 9.33. The molecule has 59 valence electrons. The summed E-state index contributed by atoms with van der Waals surface area (Å²) in [7, 11) is 0. The second-order valence-corrected chi connectivity index (χ2v) is 2.21. The van der Waals surface area contributed by atoms with Gasteiger partial charge in [-0.2, -0.15) is 11.8 Å². The molecule has 0 aliphatic carbocycles. The first-order chi connectivity index (χ1) is 5.29. The minimum Gasteiger partial charge on any atom is -0.296 e. The Kier molecular flexibility index (Phi) is 4.96. The number of aromatic nitrogens is 1. The summed E-state index contributed by atoms with van der Waals surface area (Å²) in [5.74, 6) is 0.674. The maximum atomic E-state index is 5.13. The number of H-pyrrole nitrogens is 1. The van der Waals surface area contributed by atoms with E-state index in [2.05, 4.69) is 16.8 Å². The Morgan fingerprint density at radius 2 is 2.33 bits per heavy atom. The van der Waals surface area contributed by atoms with Crippen LogP contribution < -0.4 is 0 Å². The average molecular weight is 235 g/mol. The molecule has 3 heteroatoms. The van der Waals surface area contributed by atoms with Gasteiger partial charge in [-0.1, -0.05) is 6.08 Å². The third-order valence-electron chi connectivity index (χ3n) is 1.45. The number of hydrogen-bond acceptors (Lipinski definition) is 0. The maximum Gasteiger partial charge on any atom is 0.326 e. The van der Waals surface area contributed by atoms with Crippen LogP contribution in [0.25, 0.3) is 10.9 Å². The Balaban J connectivity index is 0.00000121. The van der Waals surface area contributed by atoms with Crippen LogP contribution in [-0.4, -0.2) is 4.98 Å². The Morgan fingerprint density at radius 1 is 1.67 bits per heavy atom. The van der Waals surface area contributed by atoms with E-state index < -0.39 is 0 Å². The largest absolute Gasteiger partial charge is 0.326 e. The summed E-state index contributed by atoms with van der Waals surface area (Å²) < 4.78 is 0. The van der Waals surface area contributed by atoms with Gasteiger partial charge >= 0.3 is 5.82 Å². The molecule has 1 aromatic heterocycles. The minimum atomic E-state index is 0. The van der Waals surface area contributed by atoms with Crippen molar-refractivity contribution in [2.24, 2.45) is 0 Å². The van der Waals surface area contributed by atoms with Crippen LogP contribution in [-0.2, 0) is 32.7 Å². The Labute approximate surface area is 97.8 Å². The molecule has 1 heterocycles. The van der Waals surface area contributed by atoms with Gasteiger partial charge in [-0.3, -0.25) is 4.98 Å². The molecular formula is C9H10N2Y. The van der Waals surface area contributed by atoms with Gasteiger partial charge < -0.3 is 0 Å². The van der Waals surface area contributed by atoms with E-state index in [0.29, 0.717) is 5.82 Å². The van der Waals surface area contributed by atoms with Gasteiger partial charge in [0.1, 0.15) is 6.57 Å². The Morgan fingerprint density at radius 3 is 2.83 bits per heavy atom. The third kappa shape index (κ3) is 2.23. The van der Waals surface area contributed by atoms with Crippen molar-refractivity contribution in [3.63, 3.8) is 0 Å². The topological polar surface area (TPSA) is 20.1 Å². The smallest absolute Gasteiger partial charge is 0.296 e. The van der Waals surface area contributed by atoms with Crippen LogP contribution in [0.4, 0.5) is 5.82 Å². The second kappa shape index (κ2) is 5.19. The van der Waals surface area contributed by atoms with E-state index in [1.165, 1.54) is 0 Å². The van der Waals surface area contributed by atoms with Gasteiger partial charge in [0.05, 0.1) is 0 Å². The molecule has 0 atom stereocenters. The molecule has 0 aliphatic rings. The van der Waals surface area contributed by atoms with Crippen LogP contribution >= 0.6 is 0 Å². The van der Waals surface area contributed by atoms with Crippen molar-refractivity contribution in [1.29, 1.82) is 0 Å². The van der Waals surface area contributed by atoms with Crippen molar-refractivity contribution in [2.75, 3.05) is 0 Å². The second-order valence-electron chi connectivity index (χ2n) is 2.21. The SMILES string of the molecule is C#[N+]c1[nH]cc([CH2-])c1/C=C\C.[Y]. The summed E-state index contributed by atoms with van der Waals surface area (Å²) >= 11 is 0. The molecule has 1 N–H and O–H groups in total. The standard InChI is InChI=1S/C9H10N2.Y/c1-4-5-8-7(2)6-11-9(8)10-3;/h3-6,11H,2H2,1H3;/b5-4-;. The molecule has 0 aromatic carbocycles. The number of allylic oxidation sites excluding steroid dienone is 1. The molecule has 2 nitrogen and oxygen atoms in total. The molecule has 0 fully saturated rings. The van der Waals surface area contributed by atoms with Gasteiger partial charge in [-0.05, 0) is 18.7 Å². The van der Waals surface area contributed by atoms with E-state index in [4.69, 9.17) is 6.57 Å². The molecule has 0 saturated heterocycles. The number of hydrogen-bond donors (Lipinski definition) is 1. The number of nitrogens with zero attached hydrogens (tertiary/aromatic N) is 1. The van der Waals surface area contributed by atoms with Crippen molar-refractivity contribution in [2.45, 2.75) is 6.92 Å². The van der Waals surface area contributed by atoms with Crippen molar-refractivity contribution in [3.05, 3.63) is 35.2 Å². The molecule has 1 aromatic rings. The molecule has 1 rings (SSSR count). The third-order valence-corrected chi connectivity index (χ3v) is 1.45. The predicted molar refractivity (Wildman–Crippen MR) is 47.9 cm³/mol. The molecule has 12 heavy (non-hydrogen) atoms. The maximum absolute atomic E-state index is 5.13. The number of rotatable bonds is 1. The molecule has 0 unspecified atom stereocenters. The van der Waals surface area contributed by atoms with Crippen LogP contribution in [0.15, 0.2) is 12.3 Å². The van der Waals surface area contributed by atoms with Crippen molar-refractivity contribution in [1.82, 2.24) is 4.98 Å². The fourth-order valence-electron chi connectivity index (χ4n) is 0.923. The molecule has 1 radical (unpaired) electrons. The molecular weight excluding hydrogens is 225 g/mol. The average Bonchev–Trinajstić information content (AvgIpc) is 2.34. The molecule has 0 spiro atoms. The van der Waals surface area contributed by atoms with Gasteiger partial charge in [-0.15, -0.1) is 11.6 Å². The Hall–Kier alpha value is -0.516. The first-order valence-electron chi connectivity index (χ1n) is 3.36. The zero-order chi connectivity index (χ0) is 8.27. The first-order valence-corrected chi connectivity index (χ1v) is 3.36. The van der Waals surface area contributed by atoms with Gasteiger partial charge in [0, 0.05) is 32.7 Å². The van der Waals surface area contributed by atoms with Crippen LogP contribution in [0.1, 0.15) is 18.1 Å². The fourth-order valence-corrected chi connectivity index (χ4v) is 0.923. The van der Waals surface area contributed by atoms with Gasteiger partial charge in [0.25, 0.3) is 0 Å². The number of nitrogens with one attached hydrogen (secondary N) is 1. The summed E-state index contributed by atoms with van der Waals surface area (Å²) in [6, 6.07) is 0. The van der Waals surface area contributed by atoms with Crippen LogP contribution in [0.3, 0.4) is 0 Å². The summed E-state index contributed by atoms with van der Waals surface area (Å²) in [6.45, 7) is 10.9. The van der Waals surface area contributed by atoms with Crippen molar-refractivity contribution in [3.8, 4) is 6.57 Å². The van der Waals surface area contributed by atoms with E-state index in [1.807, 2.05) is 19.1 Å². The van der Waals surface area contributed by atoms with Crippen molar-refractivity contribution >= 4 is 11.9 Å². The van der Waals surface area contributed by atoms with E-state index in [-0.39, 0.29) is 32.7 Å². The van der Waals surface area contributed by atoms with Crippen molar-refractivity contribution < 1.29 is 32.7 Å². The quantitative estimate of drug-likeness (QED) is 0.722. The summed E-state index contributed by atoms with van der Waals surface area (Å²) in [4.78, 5) is 6.47. The first kappa shape index (κ1) is 11.5. The summed E-state index contributed by atoms with van der Waals surface area (Å²) in [5, 5.41) is 0. The zero-order valence-electron chi connectivity index (χ0n) is 7.04. The van der Waals surface area contributed by atoms with Gasteiger partial charge in [0.15, 0.2) is 0 Å². The van der Waals surface area contributed by atoms with Crippen LogP contribution in [0.5, 0.6) is 0 Å². The monoisotopic (exact) mass is 235 g/mol. The number of aromatic amines is 1. The zero-order valence-corrected chi connectivity index (χ0v) is 9.88. The van der Waals surface area contributed by atoms with Gasteiger partial charge in [0.2, 0.25) is 0 Å². The summed E-state index contributed by atoms with van der Waals surface area (Å²) in [6.07, 6.45) is 5.62. The van der Waals surface area contributed by atoms with Gasteiger partial charge in [-0.25, -0.2) is 0 Å². The summed E-state index contributed by atoms with van der Waals surface area (Å²) in [5.41, 5.74) is 1.86. The molecule has 0 amide bonds. The molecule has 0 bridgehead atoms. The van der Waals surface area contributed by atoms with Crippen LogP contribution in [0, 0.1) is 13.5 Å². The molecule has 0 aliphatic heterocycles. The van der Waals surface area contributed by atoms with E-state index in [0.717, 1.165) is 11.1 Å². The van der Waals surface area contributed by atoms with E-state index in [9.17, 15) is 0 Å². The van der Waals surface area contributed by atoms with E-state index in [1.54, 1.807) is 6.20 Å².